The van der Waals surface area contributed by atoms with Gasteiger partial charge in [0.1, 0.15) is 11.6 Å². The molecule has 1 saturated carbocycles. The summed E-state index contributed by atoms with van der Waals surface area (Å²) in [4.78, 5) is 0. The molecule has 1 aliphatic rings. The zero-order chi connectivity index (χ0) is 12.4. The van der Waals surface area contributed by atoms with E-state index in [1.165, 1.54) is 18.6 Å². The van der Waals surface area contributed by atoms with Crippen molar-refractivity contribution in [2.75, 3.05) is 0 Å². The highest BCUT2D eigenvalue weighted by atomic mass is 79.9. The fourth-order valence-corrected chi connectivity index (χ4v) is 2.95. The van der Waals surface area contributed by atoms with Gasteiger partial charge in [0.05, 0.1) is 4.47 Å². The molecular weight excluding hydrogens is 321 g/mol. The van der Waals surface area contributed by atoms with Crippen LogP contribution in [0.5, 0.6) is 5.75 Å². The highest BCUT2D eigenvalue weighted by molar-refractivity contribution is 9.10. The molecule has 102 valence electrons. The molecule has 0 heterocycles. The molecule has 5 heteroatoms. The summed E-state index contributed by atoms with van der Waals surface area (Å²) in [7, 11) is 0. The average Bonchev–Trinajstić information content (AvgIpc) is 2.35. The van der Waals surface area contributed by atoms with Gasteiger partial charge in [-0.3, -0.25) is 0 Å². The summed E-state index contributed by atoms with van der Waals surface area (Å²) >= 11 is 3.20. The van der Waals surface area contributed by atoms with E-state index in [9.17, 15) is 9.50 Å². The molecule has 0 bridgehead atoms. The molecule has 0 unspecified atom stereocenters. The van der Waals surface area contributed by atoms with Crippen molar-refractivity contribution in [2.24, 2.45) is 11.7 Å². The second-order valence-electron chi connectivity index (χ2n) is 4.72. The number of hydrogen-bond acceptors (Lipinski definition) is 2. The van der Waals surface area contributed by atoms with Crippen molar-refractivity contribution in [3.8, 4) is 5.75 Å². The first kappa shape index (κ1) is 15.7. The number of nitrogens with two attached hydrogens (primary N) is 1. The Labute approximate surface area is 121 Å². The molecule has 0 radical (unpaired) electrons. The summed E-state index contributed by atoms with van der Waals surface area (Å²) in [6.45, 7) is 0. The van der Waals surface area contributed by atoms with Crippen LogP contribution in [0.3, 0.4) is 0 Å². The Morgan fingerprint density at radius 3 is 2.50 bits per heavy atom. The number of phenolic OH excluding ortho intramolecular Hbond substituents is 1. The van der Waals surface area contributed by atoms with Gasteiger partial charge in [0.2, 0.25) is 0 Å². The van der Waals surface area contributed by atoms with Crippen LogP contribution in [0.2, 0.25) is 0 Å². The molecule has 0 spiro atoms. The SMILES string of the molecule is Cl.N[C@@H](c1c(F)ccc(Br)c1O)C1CCCCC1. The molecule has 18 heavy (non-hydrogen) atoms. The van der Waals surface area contributed by atoms with E-state index in [4.69, 9.17) is 5.73 Å². The maximum Gasteiger partial charge on any atom is 0.137 e. The topological polar surface area (TPSA) is 46.2 Å². The van der Waals surface area contributed by atoms with E-state index in [0.29, 0.717) is 4.47 Å². The fraction of sp³-hybridized carbons (Fsp3) is 0.538. The van der Waals surface area contributed by atoms with E-state index in [-0.39, 0.29) is 29.6 Å². The van der Waals surface area contributed by atoms with Crippen LogP contribution in [0.1, 0.15) is 43.7 Å². The molecule has 2 nitrogen and oxygen atoms in total. The normalized spacial score (nSPS) is 18.2. The van der Waals surface area contributed by atoms with E-state index in [1.807, 2.05) is 0 Å². The Morgan fingerprint density at radius 2 is 1.89 bits per heavy atom. The minimum atomic E-state index is -0.413. The second kappa shape index (κ2) is 6.73. The van der Waals surface area contributed by atoms with Crippen molar-refractivity contribution in [1.29, 1.82) is 0 Å². The molecular formula is C13H18BrClFNO. The number of phenols is 1. The third kappa shape index (κ3) is 3.16. The van der Waals surface area contributed by atoms with Gasteiger partial charge in [0.25, 0.3) is 0 Å². The Hall–Kier alpha value is -0.320. The van der Waals surface area contributed by atoms with Gasteiger partial charge in [-0.1, -0.05) is 19.3 Å². The predicted octanol–water partition coefficient (Wildman–Crippen LogP) is 4.30. The van der Waals surface area contributed by atoms with Crippen LogP contribution in [-0.4, -0.2) is 5.11 Å². The summed E-state index contributed by atoms with van der Waals surface area (Å²) in [6.07, 6.45) is 5.57. The molecule has 0 aliphatic heterocycles. The molecule has 1 aromatic carbocycles. The number of aromatic hydroxyl groups is 1. The lowest BCUT2D eigenvalue weighted by molar-refractivity contribution is 0.297. The minimum Gasteiger partial charge on any atom is -0.506 e. The van der Waals surface area contributed by atoms with Gasteiger partial charge in [-0.15, -0.1) is 12.4 Å². The van der Waals surface area contributed by atoms with Gasteiger partial charge in [0.15, 0.2) is 0 Å². The first-order valence-electron chi connectivity index (χ1n) is 6.03. The van der Waals surface area contributed by atoms with Gasteiger partial charge in [-0.25, -0.2) is 4.39 Å². The summed E-state index contributed by atoms with van der Waals surface area (Å²) in [5, 5.41) is 9.91. The van der Waals surface area contributed by atoms with E-state index in [1.54, 1.807) is 0 Å². The molecule has 0 aromatic heterocycles. The standard InChI is InChI=1S/C13H17BrFNO.ClH/c14-9-6-7-10(15)11(13(9)17)12(16)8-4-2-1-3-5-8;/h6-8,12,17H,1-5,16H2;1H/t12-;/m1./s1. The summed E-state index contributed by atoms with van der Waals surface area (Å²) in [5.41, 5.74) is 6.38. The summed E-state index contributed by atoms with van der Waals surface area (Å²) < 4.78 is 14.3. The monoisotopic (exact) mass is 337 g/mol. The van der Waals surface area contributed by atoms with Crippen molar-refractivity contribution in [3.05, 3.63) is 28.0 Å². The smallest absolute Gasteiger partial charge is 0.137 e. The number of halogens is 3. The summed E-state index contributed by atoms with van der Waals surface area (Å²) in [6, 6.07) is 2.44. The van der Waals surface area contributed by atoms with E-state index >= 15 is 0 Å². The van der Waals surface area contributed by atoms with Crippen LogP contribution in [0.25, 0.3) is 0 Å². The van der Waals surface area contributed by atoms with Crippen molar-refractivity contribution in [3.63, 3.8) is 0 Å². The molecule has 0 saturated heterocycles. The second-order valence-corrected chi connectivity index (χ2v) is 5.57. The van der Waals surface area contributed by atoms with Crippen LogP contribution in [-0.2, 0) is 0 Å². The maximum atomic E-state index is 13.8. The highest BCUT2D eigenvalue weighted by Crippen LogP contribution is 2.40. The van der Waals surface area contributed by atoms with Crippen molar-refractivity contribution in [1.82, 2.24) is 0 Å². The highest BCUT2D eigenvalue weighted by Gasteiger charge is 2.27. The van der Waals surface area contributed by atoms with Crippen LogP contribution >= 0.6 is 28.3 Å². The molecule has 3 N–H and O–H groups in total. The Balaban J connectivity index is 0.00000162. The third-order valence-corrected chi connectivity index (χ3v) is 4.25. The lowest BCUT2D eigenvalue weighted by Gasteiger charge is -2.28. The van der Waals surface area contributed by atoms with Crippen LogP contribution in [0, 0.1) is 11.7 Å². The zero-order valence-corrected chi connectivity index (χ0v) is 12.4. The predicted molar refractivity (Wildman–Crippen MR) is 76.5 cm³/mol. The van der Waals surface area contributed by atoms with Crippen molar-refractivity contribution in [2.45, 2.75) is 38.1 Å². The number of rotatable bonds is 2. The average molecular weight is 339 g/mol. The molecule has 1 atom stereocenters. The first-order valence-corrected chi connectivity index (χ1v) is 6.83. The zero-order valence-electron chi connectivity index (χ0n) is 10.0. The molecule has 2 rings (SSSR count). The Morgan fingerprint density at radius 1 is 1.28 bits per heavy atom. The third-order valence-electron chi connectivity index (χ3n) is 3.61. The van der Waals surface area contributed by atoms with E-state index in [0.717, 1.165) is 25.7 Å². The molecule has 0 amide bonds. The summed E-state index contributed by atoms with van der Waals surface area (Å²) in [5.74, 6) is -0.190. The van der Waals surface area contributed by atoms with Crippen LogP contribution < -0.4 is 5.73 Å². The van der Waals surface area contributed by atoms with Crippen molar-refractivity contribution >= 4 is 28.3 Å². The molecule has 1 aromatic rings. The maximum absolute atomic E-state index is 13.8. The van der Waals surface area contributed by atoms with Crippen LogP contribution in [0.15, 0.2) is 16.6 Å². The minimum absolute atomic E-state index is 0. The molecule has 1 aliphatic carbocycles. The lowest BCUT2D eigenvalue weighted by Crippen LogP contribution is -2.24. The van der Waals surface area contributed by atoms with Gasteiger partial charge in [-0.05, 0) is 46.8 Å². The van der Waals surface area contributed by atoms with E-state index < -0.39 is 11.9 Å². The van der Waals surface area contributed by atoms with Crippen molar-refractivity contribution < 1.29 is 9.50 Å². The van der Waals surface area contributed by atoms with Gasteiger partial charge in [-0.2, -0.15) is 0 Å². The Kier molecular flexibility index (Phi) is 5.89. The Bertz CT molecular complexity index is 410. The van der Waals surface area contributed by atoms with Crippen LogP contribution in [0.4, 0.5) is 4.39 Å². The number of benzene rings is 1. The number of hydrogen-bond donors (Lipinski definition) is 2. The fourth-order valence-electron chi connectivity index (χ4n) is 2.60. The van der Waals surface area contributed by atoms with Gasteiger partial charge in [0, 0.05) is 11.6 Å². The first-order chi connectivity index (χ1) is 8.11. The quantitative estimate of drug-likeness (QED) is 0.844. The largest absolute Gasteiger partial charge is 0.506 e. The van der Waals surface area contributed by atoms with Gasteiger partial charge >= 0.3 is 0 Å². The molecule has 1 fully saturated rings. The lowest BCUT2D eigenvalue weighted by atomic mass is 9.81. The van der Waals surface area contributed by atoms with E-state index in [2.05, 4.69) is 15.9 Å². The van der Waals surface area contributed by atoms with Gasteiger partial charge < -0.3 is 10.8 Å².